The molecule has 0 spiro atoms. The zero-order chi connectivity index (χ0) is 22.1. The summed E-state index contributed by atoms with van der Waals surface area (Å²) in [4.78, 5) is 16.1. The number of aromatic nitrogens is 3. The van der Waals surface area contributed by atoms with Crippen LogP contribution in [0.5, 0.6) is 5.88 Å². The number of rotatable bonds is 4. The minimum Gasteiger partial charge on any atom is -0.481 e. The quantitative estimate of drug-likeness (QED) is 0.517. The van der Waals surface area contributed by atoms with Gasteiger partial charge < -0.3 is 15.0 Å². The van der Waals surface area contributed by atoms with Crippen LogP contribution >= 0.6 is 0 Å². The van der Waals surface area contributed by atoms with Gasteiger partial charge in [0, 0.05) is 59.6 Å². The Morgan fingerprint density at radius 1 is 0.969 bits per heavy atom. The molecule has 1 N–H and O–H groups in total. The Balaban J connectivity index is 1.62. The Hall–Kier alpha value is -3.51. The van der Waals surface area contributed by atoms with Gasteiger partial charge in [-0.05, 0) is 43.7 Å². The van der Waals surface area contributed by atoms with Gasteiger partial charge in [-0.15, -0.1) is 0 Å². The van der Waals surface area contributed by atoms with Gasteiger partial charge in [0.15, 0.2) is 0 Å². The molecule has 0 atom stereocenters. The highest BCUT2D eigenvalue weighted by Gasteiger charge is 2.27. The molecule has 0 amide bonds. The van der Waals surface area contributed by atoms with Crippen molar-refractivity contribution < 1.29 is 4.74 Å². The molecule has 0 bridgehead atoms. The van der Waals surface area contributed by atoms with E-state index in [1.807, 2.05) is 18.3 Å². The summed E-state index contributed by atoms with van der Waals surface area (Å²) in [6.07, 6.45) is 3.49. The van der Waals surface area contributed by atoms with E-state index < -0.39 is 0 Å². The molecule has 0 radical (unpaired) electrons. The van der Waals surface area contributed by atoms with Crippen molar-refractivity contribution in [3.63, 3.8) is 0 Å². The number of para-hydroxylation sites is 1. The lowest BCUT2D eigenvalue weighted by Gasteiger charge is -2.41. The monoisotopic (exact) mass is 425 g/mol. The van der Waals surface area contributed by atoms with Crippen molar-refractivity contribution in [2.24, 2.45) is 0 Å². The van der Waals surface area contributed by atoms with Gasteiger partial charge in [0.2, 0.25) is 5.88 Å². The highest BCUT2D eigenvalue weighted by molar-refractivity contribution is 5.97. The first-order valence-corrected chi connectivity index (χ1v) is 10.9. The van der Waals surface area contributed by atoms with Crippen molar-refractivity contribution in [1.29, 1.82) is 0 Å². The second-order valence-corrected chi connectivity index (χ2v) is 8.79. The van der Waals surface area contributed by atoms with Crippen LogP contribution in [-0.4, -0.2) is 47.2 Å². The molecule has 0 aliphatic carbocycles. The van der Waals surface area contributed by atoms with Crippen LogP contribution in [0.2, 0.25) is 0 Å². The molecular weight excluding hydrogens is 398 g/mol. The molecule has 162 valence electrons. The zero-order valence-corrected chi connectivity index (χ0v) is 18.7. The Morgan fingerprint density at radius 2 is 1.81 bits per heavy atom. The van der Waals surface area contributed by atoms with E-state index in [0.717, 1.165) is 52.9 Å². The van der Waals surface area contributed by atoms with Gasteiger partial charge in [0.1, 0.15) is 6.33 Å². The lowest BCUT2D eigenvalue weighted by atomic mass is 9.97. The molecular formula is C26H27N5O. The minimum absolute atomic E-state index is 0.0631. The van der Waals surface area contributed by atoms with Crippen LogP contribution < -0.4 is 15.0 Å². The molecule has 0 unspecified atom stereocenters. The number of fused-ring (bicyclic) bond motifs is 1. The van der Waals surface area contributed by atoms with Crippen molar-refractivity contribution in [3.8, 4) is 28.3 Å². The highest BCUT2D eigenvalue weighted by Crippen LogP contribution is 2.36. The third-order valence-electron chi connectivity index (χ3n) is 5.99. The molecule has 1 aliphatic heterocycles. The van der Waals surface area contributed by atoms with Crippen LogP contribution in [0, 0.1) is 0 Å². The minimum atomic E-state index is 0.0631. The van der Waals surface area contributed by atoms with Gasteiger partial charge in [0.05, 0.1) is 18.3 Å². The van der Waals surface area contributed by atoms with Crippen molar-refractivity contribution in [2.75, 3.05) is 31.6 Å². The summed E-state index contributed by atoms with van der Waals surface area (Å²) >= 11 is 0. The summed E-state index contributed by atoms with van der Waals surface area (Å²) in [5.41, 5.74) is 6.37. The van der Waals surface area contributed by atoms with Crippen LogP contribution in [0.25, 0.3) is 33.3 Å². The van der Waals surface area contributed by atoms with Gasteiger partial charge in [-0.2, -0.15) is 0 Å². The first-order valence-electron chi connectivity index (χ1n) is 10.9. The van der Waals surface area contributed by atoms with E-state index in [1.54, 1.807) is 13.4 Å². The third-order valence-corrected chi connectivity index (χ3v) is 5.99. The second-order valence-electron chi connectivity index (χ2n) is 8.79. The maximum Gasteiger partial charge on any atom is 0.212 e. The van der Waals surface area contributed by atoms with Crippen molar-refractivity contribution >= 4 is 16.6 Å². The first kappa shape index (κ1) is 20.4. The third kappa shape index (κ3) is 3.89. The fraction of sp³-hybridized carbons (Fsp3) is 0.269. The van der Waals surface area contributed by atoms with E-state index in [1.165, 1.54) is 5.69 Å². The fourth-order valence-corrected chi connectivity index (χ4v) is 4.42. The van der Waals surface area contributed by atoms with E-state index in [-0.39, 0.29) is 5.54 Å². The van der Waals surface area contributed by atoms with Gasteiger partial charge in [-0.3, -0.25) is 0 Å². The van der Waals surface area contributed by atoms with Crippen LogP contribution in [0.15, 0.2) is 67.1 Å². The SMILES string of the molecule is COc1ccc(-c2ccc3ncnc(-c4ccccc4N4CCNC(C)(C)C4)c3c2)cn1. The van der Waals surface area contributed by atoms with Gasteiger partial charge >= 0.3 is 0 Å². The number of anilines is 1. The predicted octanol–water partition coefficient (Wildman–Crippen LogP) is 4.56. The molecule has 2 aromatic heterocycles. The molecule has 32 heavy (non-hydrogen) atoms. The number of methoxy groups -OCH3 is 1. The molecule has 5 rings (SSSR count). The normalized spacial score (nSPS) is 15.7. The average molecular weight is 426 g/mol. The molecule has 2 aromatic carbocycles. The topological polar surface area (TPSA) is 63.2 Å². The lowest BCUT2D eigenvalue weighted by Crippen LogP contribution is -2.57. The van der Waals surface area contributed by atoms with E-state index in [4.69, 9.17) is 9.72 Å². The summed E-state index contributed by atoms with van der Waals surface area (Å²) in [5.74, 6) is 0.603. The molecule has 6 heteroatoms. The Morgan fingerprint density at radius 3 is 2.59 bits per heavy atom. The standard InChI is InChI=1S/C26H27N5O/c1-26(2)16-31(13-12-30-26)23-7-5-4-6-20(23)25-21-14-18(8-10-22(21)28-17-29-25)19-9-11-24(32-3)27-15-19/h4-11,14-15,17,30H,12-13,16H2,1-3H3. The summed E-state index contributed by atoms with van der Waals surface area (Å²) in [5, 5.41) is 4.63. The predicted molar refractivity (Wildman–Crippen MR) is 129 cm³/mol. The van der Waals surface area contributed by atoms with Crippen LogP contribution in [0.4, 0.5) is 5.69 Å². The first-order chi connectivity index (χ1) is 15.5. The number of ether oxygens (including phenoxy) is 1. The molecule has 0 saturated carbocycles. The summed E-state index contributed by atoms with van der Waals surface area (Å²) in [7, 11) is 1.62. The van der Waals surface area contributed by atoms with E-state index in [9.17, 15) is 0 Å². The van der Waals surface area contributed by atoms with Crippen LogP contribution in [0.3, 0.4) is 0 Å². The molecule has 1 aliphatic rings. The Labute approximate surface area is 188 Å². The van der Waals surface area contributed by atoms with Gasteiger partial charge in [-0.25, -0.2) is 15.0 Å². The number of hydrogen-bond donors (Lipinski definition) is 1. The van der Waals surface area contributed by atoms with E-state index in [0.29, 0.717) is 5.88 Å². The van der Waals surface area contributed by atoms with Crippen molar-refractivity contribution in [2.45, 2.75) is 19.4 Å². The fourth-order valence-electron chi connectivity index (χ4n) is 4.42. The lowest BCUT2D eigenvalue weighted by molar-refractivity contribution is 0.353. The van der Waals surface area contributed by atoms with Crippen LogP contribution in [0.1, 0.15) is 13.8 Å². The molecule has 1 fully saturated rings. The van der Waals surface area contributed by atoms with Crippen LogP contribution in [-0.2, 0) is 0 Å². The highest BCUT2D eigenvalue weighted by atomic mass is 16.5. The average Bonchev–Trinajstić information content (AvgIpc) is 2.83. The molecule has 4 aromatic rings. The molecule has 6 nitrogen and oxygen atoms in total. The summed E-state index contributed by atoms with van der Waals surface area (Å²) < 4.78 is 5.20. The summed E-state index contributed by atoms with van der Waals surface area (Å²) in [6, 6.07) is 18.7. The number of nitrogens with zero attached hydrogens (tertiary/aromatic N) is 4. The number of nitrogens with one attached hydrogen (secondary N) is 1. The summed E-state index contributed by atoms with van der Waals surface area (Å²) in [6.45, 7) is 7.36. The number of pyridine rings is 1. The van der Waals surface area contributed by atoms with Crippen molar-refractivity contribution in [3.05, 3.63) is 67.1 Å². The van der Waals surface area contributed by atoms with E-state index in [2.05, 4.69) is 76.5 Å². The second kappa shape index (κ2) is 8.20. The Bertz CT molecular complexity index is 1250. The van der Waals surface area contributed by atoms with Gasteiger partial charge in [-0.1, -0.05) is 24.3 Å². The maximum atomic E-state index is 5.20. The maximum absolute atomic E-state index is 5.20. The number of hydrogen-bond acceptors (Lipinski definition) is 6. The zero-order valence-electron chi connectivity index (χ0n) is 18.7. The largest absolute Gasteiger partial charge is 0.481 e. The number of benzene rings is 2. The van der Waals surface area contributed by atoms with E-state index >= 15 is 0 Å². The Kier molecular flexibility index (Phi) is 5.23. The van der Waals surface area contributed by atoms with Crippen molar-refractivity contribution in [1.82, 2.24) is 20.3 Å². The smallest absolute Gasteiger partial charge is 0.212 e. The molecule has 3 heterocycles. The van der Waals surface area contributed by atoms with Gasteiger partial charge in [0.25, 0.3) is 0 Å². The molecule has 1 saturated heterocycles. The number of piperazine rings is 1.